The van der Waals surface area contributed by atoms with Crippen molar-refractivity contribution in [1.82, 2.24) is 10.1 Å². The second kappa shape index (κ2) is 6.65. The van der Waals surface area contributed by atoms with Crippen molar-refractivity contribution in [3.63, 3.8) is 0 Å². The van der Waals surface area contributed by atoms with Crippen LogP contribution < -0.4 is 4.74 Å². The average molecular weight is 330 g/mol. The van der Waals surface area contributed by atoms with Crippen molar-refractivity contribution in [2.24, 2.45) is 5.92 Å². The van der Waals surface area contributed by atoms with Crippen molar-refractivity contribution in [3.05, 3.63) is 46.8 Å². The van der Waals surface area contributed by atoms with Crippen LogP contribution in [0.3, 0.4) is 0 Å². The van der Waals surface area contributed by atoms with Gasteiger partial charge in [-0.25, -0.2) is 0 Å². The van der Waals surface area contributed by atoms with Gasteiger partial charge in [0.05, 0.1) is 18.9 Å². The number of hydrogen-bond acceptors (Lipinski definition) is 5. The maximum absolute atomic E-state index is 12.8. The number of carbonyl (C=O) groups is 1. The lowest BCUT2D eigenvalue weighted by atomic mass is 10.0. The molecule has 3 rings (SSSR count). The first-order valence-electron chi connectivity index (χ1n) is 8.02. The number of nitrogens with zero attached hydrogens (tertiary/aromatic N) is 2. The van der Waals surface area contributed by atoms with E-state index in [2.05, 4.69) is 5.16 Å². The van der Waals surface area contributed by atoms with Crippen molar-refractivity contribution in [2.75, 3.05) is 20.2 Å². The van der Waals surface area contributed by atoms with Gasteiger partial charge in [0.2, 0.25) is 0 Å². The number of aliphatic hydroxyl groups excluding tert-OH is 1. The number of methoxy groups -OCH3 is 1. The molecule has 2 aromatic rings. The number of benzene rings is 1. The normalized spacial score (nSPS) is 20.4. The van der Waals surface area contributed by atoms with Gasteiger partial charge in [-0.2, -0.15) is 0 Å². The molecule has 0 radical (unpaired) electrons. The molecule has 1 saturated heterocycles. The van der Waals surface area contributed by atoms with Crippen LogP contribution >= 0.6 is 0 Å². The lowest BCUT2D eigenvalue weighted by molar-refractivity contribution is 0.0764. The maximum Gasteiger partial charge on any atom is 0.254 e. The van der Waals surface area contributed by atoms with E-state index < -0.39 is 6.10 Å². The monoisotopic (exact) mass is 330 g/mol. The fourth-order valence-corrected chi connectivity index (χ4v) is 3.16. The van der Waals surface area contributed by atoms with E-state index in [1.54, 1.807) is 24.1 Å². The fraction of sp³-hybridized carbons (Fsp3) is 0.444. The molecule has 1 aliphatic heterocycles. The Morgan fingerprint density at radius 3 is 2.79 bits per heavy atom. The molecule has 24 heavy (non-hydrogen) atoms. The van der Waals surface area contributed by atoms with Crippen molar-refractivity contribution >= 4 is 5.91 Å². The zero-order chi connectivity index (χ0) is 17.3. The van der Waals surface area contributed by atoms with Crippen LogP contribution in [0, 0.1) is 19.8 Å². The molecule has 2 atom stereocenters. The summed E-state index contributed by atoms with van der Waals surface area (Å²) in [5, 5.41) is 14.2. The van der Waals surface area contributed by atoms with Gasteiger partial charge in [-0.15, -0.1) is 0 Å². The Balaban J connectivity index is 1.70. The summed E-state index contributed by atoms with van der Waals surface area (Å²) in [5.74, 6) is 1.36. The van der Waals surface area contributed by atoms with E-state index in [4.69, 9.17) is 9.26 Å². The van der Waals surface area contributed by atoms with E-state index in [-0.39, 0.29) is 11.8 Å². The van der Waals surface area contributed by atoms with Crippen LogP contribution in [0.25, 0.3) is 0 Å². The van der Waals surface area contributed by atoms with Crippen LogP contribution in [-0.2, 0) is 6.42 Å². The van der Waals surface area contributed by atoms with Gasteiger partial charge < -0.3 is 19.3 Å². The predicted octanol–water partition coefficient (Wildman–Crippen LogP) is 1.98. The van der Waals surface area contributed by atoms with Crippen LogP contribution in [0.2, 0.25) is 0 Å². The van der Waals surface area contributed by atoms with E-state index in [9.17, 15) is 9.90 Å². The second-order valence-electron chi connectivity index (χ2n) is 6.36. The Morgan fingerprint density at radius 2 is 2.17 bits per heavy atom. The Labute approximate surface area is 141 Å². The number of carbonyl (C=O) groups excluding carboxylic acids is 1. The van der Waals surface area contributed by atoms with Crippen LogP contribution in [-0.4, -0.2) is 47.4 Å². The molecule has 0 spiro atoms. The van der Waals surface area contributed by atoms with E-state index >= 15 is 0 Å². The first kappa shape index (κ1) is 16.5. The van der Waals surface area contributed by atoms with Crippen LogP contribution in [0.4, 0.5) is 0 Å². The molecule has 0 bridgehead atoms. The smallest absolute Gasteiger partial charge is 0.254 e. The fourth-order valence-electron chi connectivity index (χ4n) is 3.16. The summed E-state index contributed by atoms with van der Waals surface area (Å²) in [6.45, 7) is 4.59. The standard InChI is InChI=1S/C18H22N2O4/c1-11-6-14(23-3)4-5-16(11)18(22)20-9-13(17(21)10-20)8-15-7-12(2)19-24-15/h4-7,13,17,21H,8-10H2,1-3H3/t13-,17+/m1/s1. The van der Waals surface area contributed by atoms with Crippen molar-refractivity contribution in [2.45, 2.75) is 26.4 Å². The third kappa shape index (κ3) is 3.28. The summed E-state index contributed by atoms with van der Waals surface area (Å²) in [5.41, 5.74) is 2.32. The lowest BCUT2D eigenvalue weighted by Gasteiger charge is -2.17. The molecule has 128 valence electrons. The molecular weight excluding hydrogens is 308 g/mol. The summed E-state index contributed by atoms with van der Waals surface area (Å²) in [6, 6.07) is 7.26. The Morgan fingerprint density at radius 1 is 1.38 bits per heavy atom. The molecule has 1 aromatic carbocycles. The molecule has 0 unspecified atom stereocenters. The average Bonchev–Trinajstić information content (AvgIpc) is 3.13. The topological polar surface area (TPSA) is 75.8 Å². The number of aryl methyl sites for hydroxylation is 2. The highest BCUT2D eigenvalue weighted by molar-refractivity contribution is 5.96. The number of aliphatic hydroxyl groups is 1. The maximum atomic E-state index is 12.8. The molecule has 0 saturated carbocycles. The zero-order valence-electron chi connectivity index (χ0n) is 14.2. The molecule has 2 heterocycles. The highest BCUT2D eigenvalue weighted by atomic mass is 16.5. The van der Waals surface area contributed by atoms with Gasteiger partial charge in [0, 0.05) is 37.1 Å². The van der Waals surface area contributed by atoms with E-state index in [0.717, 1.165) is 22.8 Å². The molecule has 1 N–H and O–H groups in total. The quantitative estimate of drug-likeness (QED) is 0.927. The van der Waals surface area contributed by atoms with E-state index in [1.807, 2.05) is 26.0 Å². The molecule has 0 aliphatic carbocycles. The molecule has 6 heteroatoms. The SMILES string of the molecule is COc1ccc(C(=O)N2C[C@@H](Cc3cc(C)no3)[C@@H](O)C2)c(C)c1. The van der Waals surface area contributed by atoms with Crippen molar-refractivity contribution in [1.29, 1.82) is 0 Å². The van der Waals surface area contributed by atoms with Gasteiger partial charge in [-0.1, -0.05) is 5.16 Å². The first-order chi connectivity index (χ1) is 11.5. The van der Waals surface area contributed by atoms with Crippen LogP contribution in [0.1, 0.15) is 27.4 Å². The number of hydrogen-bond donors (Lipinski definition) is 1. The number of β-amino-alcohol motifs (C(OH)–C–C–N with tert-alkyl or cyclic N) is 1. The summed E-state index contributed by atoms with van der Waals surface area (Å²) >= 11 is 0. The second-order valence-corrected chi connectivity index (χ2v) is 6.36. The van der Waals surface area contributed by atoms with E-state index in [1.165, 1.54) is 0 Å². The Hall–Kier alpha value is -2.34. The summed E-state index contributed by atoms with van der Waals surface area (Å²) in [6.07, 6.45) is 0.0193. The number of rotatable bonds is 4. The van der Waals surface area contributed by atoms with Gasteiger partial charge in [-0.05, 0) is 37.6 Å². The molecular formula is C18H22N2O4. The highest BCUT2D eigenvalue weighted by Crippen LogP contribution is 2.25. The summed E-state index contributed by atoms with van der Waals surface area (Å²) < 4.78 is 10.4. The van der Waals surface area contributed by atoms with E-state index in [0.29, 0.717) is 25.1 Å². The minimum Gasteiger partial charge on any atom is -0.497 e. The van der Waals surface area contributed by atoms with Gasteiger partial charge in [0.1, 0.15) is 11.5 Å². The van der Waals surface area contributed by atoms with Crippen molar-refractivity contribution < 1.29 is 19.2 Å². The predicted molar refractivity (Wildman–Crippen MR) is 88.1 cm³/mol. The summed E-state index contributed by atoms with van der Waals surface area (Å²) in [7, 11) is 1.60. The van der Waals surface area contributed by atoms with Crippen LogP contribution in [0.5, 0.6) is 5.75 Å². The minimum atomic E-state index is -0.557. The third-order valence-electron chi connectivity index (χ3n) is 4.50. The molecule has 1 aliphatic rings. The van der Waals surface area contributed by atoms with Gasteiger partial charge >= 0.3 is 0 Å². The van der Waals surface area contributed by atoms with Gasteiger partial charge in [0.25, 0.3) is 5.91 Å². The largest absolute Gasteiger partial charge is 0.497 e. The van der Waals surface area contributed by atoms with Gasteiger partial charge in [0.15, 0.2) is 0 Å². The van der Waals surface area contributed by atoms with Crippen LogP contribution in [0.15, 0.2) is 28.8 Å². The summed E-state index contributed by atoms with van der Waals surface area (Å²) in [4.78, 5) is 14.5. The molecule has 1 fully saturated rings. The first-order valence-corrected chi connectivity index (χ1v) is 8.02. The number of amides is 1. The number of likely N-dealkylation sites (tertiary alicyclic amines) is 1. The third-order valence-corrected chi connectivity index (χ3v) is 4.50. The lowest BCUT2D eigenvalue weighted by Crippen LogP contribution is -2.30. The Kier molecular flexibility index (Phi) is 4.57. The van der Waals surface area contributed by atoms with Gasteiger partial charge in [-0.3, -0.25) is 4.79 Å². The minimum absolute atomic E-state index is 0.0418. The number of aromatic nitrogens is 1. The zero-order valence-corrected chi connectivity index (χ0v) is 14.2. The van der Waals surface area contributed by atoms with Crippen molar-refractivity contribution in [3.8, 4) is 5.75 Å². The molecule has 6 nitrogen and oxygen atoms in total. The molecule has 1 aromatic heterocycles. The Bertz CT molecular complexity index is 740. The highest BCUT2D eigenvalue weighted by Gasteiger charge is 2.35. The molecule has 1 amide bonds. The number of ether oxygens (including phenoxy) is 1.